The number of piperazine rings is 1. The average molecular weight is 292 g/mol. The average Bonchev–Trinajstić information content (AvgIpc) is 2.50. The number of aliphatic hydroxyl groups excluding tert-OH is 2. The molecule has 0 saturated carbocycles. The highest BCUT2D eigenvalue weighted by Gasteiger charge is 2.16. The Morgan fingerprint density at radius 3 is 2.48 bits per heavy atom. The lowest BCUT2D eigenvalue weighted by Gasteiger charge is -2.34. The summed E-state index contributed by atoms with van der Waals surface area (Å²) in [5, 5.41) is 17.6. The minimum atomic E-state index is -0.354. The van der Waals surface area contributed by atoms with Crippen LogP contribution in [0, 0.1) is 17.7 Å². The Hall–Kier alpha value is -1.45. The van der Waals surface area contributed by atoms with E-state index in [1.807, 2.05) is 0 Å². The first-order valence-corrected chi connectivity index (χ1v) is 7.16. The van der Waals surface area contributed by atoms with Crippen molar-refractivity contribution in [3.05, 3.63) is 35.1 Å². The van der Waals surface area contributed by atoms with Gasteiger partial charge in [0.05, 0.1) is 12.2 Å². The molecule has 1 heterocycles. The van der Waals surface area contributed by atoms with Gasteiger partial charge in [-0.3, -0.25) is 9.80 Å². The van der Waals surface area contributed by atoms with Gasteiger partial charge < -0.3 is 10.2 Å². The molecule has 2 N–H and O–H groups in total. The second-order valence-electron chi connectivity index (χ2n) is 5.12. The third-order valence-electron chi connectivity index (χ3n) is 3.62. The minimum absolute atomic E-state index is 0.199. The molecule has 21 heavy (non-hydrogen) atoms. The zero-order valence-electron chi connectivity index (χ0n) is 12.1. The SMILES string of the molecule is OCC#Cc1cc(CN2CCN(CCO)CC2)ccc1F. The van der Waals surface area contributed by atoms with Crippen LogP contribution < -0.4 is 0 Å². The third kappa shape index (κ3) is 4.80. The van der Waals surface area contributed by atoms with Crippen molar-refractivity contribution in [2.24, 2.45) is 0 Å². The van der Waals surface area contributed by atoms with Crippen LogP contribution in [0.2, 0.25) is 0 Å². The lowest BCUT2D eigenvalue weighted by atomic mass is 10.1. The number of hydrogen-bond donors (Lipinski definition) is 2. The van der Waals surface area contributed by atoms with Crippen molar-refractivity contribution in [3.63, 3.8) is 0 Å². The topological polar surface area (TPSA) is 46.9 Å². The Morgan fingerprint density at radius 1 is 1.10 bits per heavy atom. The van der Waals surface area contributed by atoms with Crippen LogP contribution in [0.25, 0.3) is 0 Å². The Morgan fingerprint density at radius 2 is 1.81 bits per heavy atom. The van der Waals surface area contributed by atoms with Gasteiger partial charge in [-0.2, -0.15) is 0 Å². The van der Waals surface area contributed by atoms with Crippen molar-refractivity contribution in [2.45, 2.75) is 6.54 Å². The van der Waals surface area contributed by atoms with E-state index >= 15 is 0 Å². The molecular weight excluding hydrogens is 271 g/mol. The number of hydrogen-bond acceptors (Lipinski definition) is 4. The standard InChI is InChI=1S/C16H21FN2O2/c17-16-4-3-14(12-15(16)2-1-10-20)13-19-7-5-18(6-8-19)9-11-21/h3-4,12,20-21H,5-11,13H2. The minimum Gasteiger partial charge on any atom is -0.395 e. The van der Waals surface area contributed by atoms with Crippen LogP contribution in [0.15, 0.2) is 18.2 Å². The molecule has 0 bridgehead atoms. The molecule has 0 atom stereocenters. The fourth-order valence-electron chi connectivity index (χ4n) is 2.47. The predicted molar refractivity (Wildman–Crippen MR) is 79.2 cm³/mol. The van der Waals surface area contributed by atoms with Gasteiger partial charge in [0, 0.05) is 39.3 Å². The summed E-state index contributed by atoms with van der Waals surface area (Å²) in [7, 11) is 0. The van der Waals surface area contributed by atoms with Crippen molar-refractivity contribution in [1.82, 2.24) is 9.80 Å². The molecule has 0 aliphatic carbocycles. The van der Waals surface area contributed by atoms with E-state index in [9.17, 15) is 4.39 Å². The second kappa shape index (κ2) is 8.11. The van der Waals surface area contributed by atoms with Crippen LogP contribution >= 0.6 is 0 Å². The predicted octanol–water partition coefficient (Wildman–Crippen LogP) is 0.279. The van der Waals surface area contributed by atoms with E-state index in [1.165, 1.54) is 6.07 Å². The molecule has 1 aliphatic heterocycles. The van der Waals surface area contributed by atoms with Crippen LogP contribution in [-0.2, 0) is 6.54 Å². The molecule has 0 radical (unpaired) electrons. The van der Waals surface area contributed by atoms with Gasteiger partial charge in [0.25, 0.3) is 0 Å². The highest BCUT2D eigenvalue weighted by atomic mass is 19.1. The molecule has 114 valence electrons. The van der Waals surface area contributed by atoms with Crippen LogP contribution in [0.4, 0.5) is 4.39 Å². The number of benzene rings is 1. The summed E-state index contributed by atoms with van der Waals surface area (Å²) in [6.45, 7) is 5.19. The fraction of sp³-hybridized carbons (Fsp3) is 0.500. The Kier molecular flexibility index (Phi) is 6.15. The quantitative estimate of drug-likeness (QED) is 0.783. The van der Waals surface area contributed by atoms with E-state index < -0.39 is 0 Å². The molecule has 4 nitrogen and oxygen atoms in total. The van der Waals surface area contributed by atoms with Gasteiger partial charge >= 0.3 is 0 Å². The number of halogens is 1. The summed E-state index contributed by atoms with van der Waals surface area (Å²) in [6, 6.07) is 4.95. The maximum Gasteiger partial charge on any atom is 0.138 e. The second-order valence-corrected chi connectivity index (χ2v) is 5.12. The van der Waals surface area contributed by atoms with E-state index in [2.05, 4.69) is 21.6 Å². The first kappa shape index (κ1) is 15.9. The first-order chi connectivity index (χ1) is 10.2. The molecule has 1 aliphatic rings. The van der Waals surface area contributed by atoms with Crippen LogP contribution in [0.5, 0.6) is 0 Å². The van der Waals surface area contributed by atoms with Crippen LogP contribution in [-0.4, -0.2) is 66.0 Å². The van der Waals surface area contributed by atoms with Gasteiger partial charge in [-0.05, 0) is 17.7 Å². The summed E-state index contributed by atoms with van der Waals surface area (Å²) in [5.74, 6) is 4.76. The van der Waals surface area contributed by atoms with Crippen molar-refractivity contribution in [1.29, 1.82) is 0 Å². The van der Waals surface area contributed by atoms with Crippen molar-refractivity contribution < 1.29 is 14.6 Å². The maximum absolute atomic E-state index is 13.6. The van der Waals surface area contributed by atoms with Gasteiger partial charge in [0.1, 0.15) is 12.4 Å². The number of aliphatic hydroxyl groups is 2. The largest absolute Gasteiger partial charge is 0.395 e. The first-order valence-electron chi connectivity index (χ1n) is 7.16. The summed E-state index contributed by atoms with van der Waals surface area (Å²) in [5.41, 5.74) is 1.36. The lowest BCUT2D eigenvalue weighted by Crippen LogP contribution is -2.46. The van der Waals surface area contributed by atoms with Crippen molar-refractivity contribution in [3.8, 4) is 11.8 Å². The monoisotopic (exact) mass is 292 g/mol. The van der Waals surface area contributed by atoms with Crippen LogP contribution in [0.1, 0.15) is 11.1 Å². The molecule has 2 rings (SSSR count). The molecule has 1 saturated heterocycles. The van der Waals surface area contributed by atoms with E-state index in [4.69, 9.17) is 10.2 Å². The zero-order chi connectivity index (χ0) is 15.1. The van der Waals surface area contributed by atoms with Gasteiger partial charge in [-0.1, -0.05) is 17.9 Å². The Bertz CT molecular complexity index is 517. The van der Waals surface area contributed by atoms with Gasteiger partial charge in [0.15, 0.2) is 0 Å². The van der Waals surface area contributed by atoms with E-state index in [0.717, 1.165) is 44.8 Å². The smallest absolute Gasteiger partial charge is 0.138 e. The highest BCUT2D eigenvalue weighted by Crippen LogP contribution is 2.13. The summed E-state index contributed by atoms with van der Waals surface area (Å²) < 4.78 is 13.6. The van der Waals surface area contributed by atoms with E-state index in [0.29, 0.717) is 5.56 Å². The molecular formula is C16H21FN2O2. The molecule has 5 heteroatoms. The molecule has 0 spiro atoms. The number of nitrogens with zero attached hydrogens (tertiary/aromatic N) is 2. The normalized spacial score (nSPS) is 16.5. The fourth-order valence-corrected chi connectivity index (χ4v) is 2.47. The highest BCUT2D eigenvalue weighted by molar-refractivity contribution is 5.38. The van der Waals surface area contributed by atoms with E-state index in [1.54, 1.807) is 12.1 Å². The molecule has 0 aromatic heterocycles. The Labute approximate surface area is 124 Å². The summed E-state index contributed by atoms with van der Waals surface area (Å²) in [4.78, 5) is 4.55. The number of rotatable bonds is 4. The van der Waals surface area contributed by atoms with Gasteiger partial charge in [-0.25, -0.2) is 4.39 Å². The zero-order valence-corrected chi connectivity index (χ0v) is 12.1. The summed E-state index contributed by atoms with van der Waals surface area (Å²) in [6.07, 6.45) is 0. The summed E-state index contributed by atoms with van der Waals surface area (Å²) >= 11 is 0. The van der Waals surface area contributed by atoms with E-state index in [-0.39, 0.29) is 19.0 Å². The Balaban J connectivity index is 1.94. The van der Waals surface area contributed by atoms with Gasteiger partial charge in [0.2, 0.25) is 0 Å². The van der Waals surface area contributed by atoms with Crippen molar-refractivity contribution >= 4 is 0 Å². The molecule has 1 aromatic carbocycles. The molecule has 1 fully saturated rings. The molecule has 1 aromatic rings. The number of β-amino-alcohol motifs (C(OH)–C–C–N with tert-alkyl or cyclic N) is 1. The third-order valence-corrected chi connectivity index (χ3v) is 3.62. The molecule has 0 amide bonds. The van der Waals surface area contributed by atoms with Gasteiger partial charge in [-0.15, -0.1) is 0 Å². The van der Waals surface area contributed by atoms with Crippen LogP contribution in [0.3, 0.4) is 0 Å². The lowest BCUT2D eigenvalue weighted by molar-refractivity contribution is 0.108. The maximum atomic E-state index is 13.6. The molecule has 0 unspecified atom stereocenters. The van der Waals surface area contributed by atoms with Crippen molar-refractivity contribution in [2.75, 3.05) is 45.9 Å².